The van der Waals surface area contributed by atoms with Gasteiger partial charge in [0.1, 0.15) is 18.9 Å². The van der Waals surface area contributed by atoms with Gasteiger partial charge >= 0.3 is 0 Å². The van der Waals surface area contributed by atoms with Crippen LogP contribution in [-0.2, 0) is 12.1 Å². The molecule has 0 bridgehead atoms. The van der Waals surface area contributed by atoms with Crippen LogP contribution >= 0.6 is 0 Å². The molecule has 1 aliphatic carbocycles. The Hall–Kier alpha value is -1.29. The summed E-state index contributed by atoms with van der Waals surface area (Å²) in [4.78, 5) is 0. The van der Waals surface area contributed by atoms with Crippen molar-refractivity contribution in [2.75, 3.05) is 19.8 Å². The van der Waals surface area contributed by atoms with E-state index in [0.717, 1.165) is 24.2 Å². The van der Waals surface area contributed by atoms with Crippen molar-refractivity contribution in [3.63, 3.8) is 0 Å². The zero-order valence-electron chi connectivity index (χ0n) is 9.67. The van der Waals surface area contributed by atoms with Crippen LogP contribution in [-0.4, -0.2) is 19.8 Å². The van der Waals surface area contributed by atoms with Gasteiger partial charge in [0.15, 0.2) is 11.5 Å². The van der Waals surface area contributed by atoms with Crippen molar-refractivity contribution < 1.29 is 13.9 Å². The van der Waals surface area contributed by atoms with E-state index in [1.807, 2.05) is 6.07 Å². The molecule has 0 radical (unpaired) electrons. The number of hydrogen-bond acceptors (Lipinski definition) is 3. The van der Waals surface area contributed by atoms with Crippen LogP contribution in [0.15, 0.2) is 12.1 Å². The van der Waals surface area contributed by atoms with Gasteiger partial charge < -0.3 is 15.2 Å². The van der Waals surface area contributed by atoms with Gasteiger partial charge in [0.25, 0.3) is 0 Å². The Labute approximate surface area is 99.7 Å². The molecule has 0 fully saturated rings. The maximum atomic E-state index is 14.6. The average Bonchev–Trinajstić information content (AvgIpc) is 2.37. The van der Waals surface area contributed by atoms with Gasteiger partial charge in [0, 0.05) is 6.54 Å². The molecule has 1 unspecified atom stereocenters. The van der Waals surface area contributed by atoms with Crippen LogP contribution in [0.1, 0.15) is 24.0 Å². The van der Waals surface area contributed by atoms with Crippen LogP contribution in [0.3, 0.4) is 0 Å². The summed E-state index contributed by atoms with van der Waals surface area (Å²) < 4.78 is 25.7. The summed E-state index contributed by atoms with van der Waals surface area (Å²) in [5.74, 6) is 1.38. The van der Waals surface area contributed by atoms with Crippen molar-refractivity contribution >= 4 is 0 Å². The third-order valence-corrected chi connectivity index (χ3v) is 3.59. The molecule has 0 saturated heterocycles. The Bertz CT molecular complexity index is 449. The molecule has 1 aromatic rings. The molecule has 1 aromatic carbocycles. The van der Waals surface area contributed by atoms with Crippen LogP contribution in [0, 0.1) is 0 Å². The smallest absolute Gasteiger partial charge is 0.161 e. The highest BCUT2D eigenvalue weighted by Gasteiger charge is 2.36. The molecule has 0 aromatic heterocycles. The second-order valence-electron chi connectivity index (χ2n) is 4.68. The van der Waals surface area contributed by atoms with Crippen molar-refractivity contribution in [3.05, 3.63) is 23.3 Å². The van der Waals surface area contributed by atoms with E-state index in [1.54, 1.807) is 6.07 Å². The Kier molecular flexibility index (Phi) is 2.47. The van der Waals surface area contributed by atoms with Crippen LogP contribution < -0.4 is 15.2 Å². The Balaban J connectivity index is 2.11. The average molecular weight is 237 g/mol. The van der Waals surface area contributed by atoms with Crippen molar-refractivity contribution in [2.45, 2.75) is 24.9 Å². The number of alkyl halides is 1. The molecule has 1 heterocycles. The van der Waals surface area contributed by atoms with E-state index in [2.05, 4.69) is 0 Å². The first kappa shape index (κ1) is 10.8. The highest BCUT2D eigenvalue weighted by Crippen LogP contribution is 2.43. The van der Waals surface area contributed by atoms with Gasteiger partial charge in [-0.1, -0.05) is 0 Å². The van der Waals surface area contributed by atoms with E-state index < -0.39 is 5.67 Å². The molecule has 2 N–H and O–H groups in total. The third-order valence-electron chi connectivity index (χ3n) is 3.59. The zero-order chi connectivity index (χ0) is 11.9. The molecule has 0 amide bonds. The lowest BCUT2D eigenvalue weighted by molar-refractivity contribution is 0.141. The zero-order valence-corrected chi connectivity index (χ0v) is 9.67. The normalized spacial score (nSPS) is 26.5. The number of benzene rings is 1. The molecule has 92 valence electrons. The van der Waals surface area contributed by atoms with E-state index >= 15 is 0 Å². The predicted molar refractivity (Wildman–Crippen MR) is 62.2 cm³/mol. The molecule has 1 aliphatic heterocycles. The highest BCUT2D eigenvalue weighted by molar-refractivity contribution is 5.51. The molecular formula is C13H16FNO2. The first-order valence-electron chi connectivity index (χ1n) is 6.05. The lowest BCUT2D eigenvalue weighted by Gasteiger charge is -2.32. The van der Waals surface area contributed by atoms with Gasteiger partial charge in [0.05, 0.1) is 0 Å². The number of rotatable bonds is 1. The number of fused-ring (bicyclic) bond motifs is 2. The molecule has 17 heavy (non-hydrogen) atoms. The van der Waals surface area contributed by atoms with Gasteiger partial charge in [-0.15, -0.1) is 0 Å². The third kappa shape index (κ3) is 1.67. The van der Waals surface area contributed by atoms with Crippen LogP contribution in [0.25, 0.3) is 0 Å². The molecule has 2 aliphatic rings. The van der Waals surface area contributed by atoms with Crippen molar-refractivity contribution in [1.29, 1.82) is 0 Å². The van der Waals surface area contributed by atoms with E-state index in [4.69, 9.17) is 15.2 Å². The molecule has 0 spiro atoms. The Morgan fingerprint density at radius 3 is 2.65 bits per heavy atom. The quantitative estimate of drug-likeness (QED) is 0.811. The number of aryl methyl sites for hydroxylation is 1. The second kappa shape index (κ2) is 3.88. The van der Waals surface area contributed by atoms with E-state index in [-0.39, 0.29) is 6.54 Å². The van der Waals surface area contributed by atoms with Crippen molar-refractivity contribution in [2.24, 2.45) is 5.73 Å². The minimum Gasteiger partial charge on any atom is -0.486 e. The monoisotopic (exact) mass is 237 g/mol. The summed E-state index contributed by atoms with van der Waals surface area (Å²) >= 11 is 0. The molecular weight excluding hydrogens is 221 g/mol. The fourth-order valence-corrected chi connectivity index (χ4v) is 2.66. The first-order valence-corrected chi connectivity index (χ1v) is 6.05. The molecule has 4 heteroatoms. The summed E-state index contributed by atoms with van der Waals surface area (Å²) in [7, 11) is 0. The Morgan fingerprint density at radius 2 is 1.94 bits per heavy atom. The Morgan fingerprint density at radius 1 is 1.24 bits per heavy atom. The lowest BCUT2D eigenvalue weighted by Crippen LogP contribution is -2.34. The van der Waals surface area contributed by atoms with Gasteiger partial charge in [-0.25, -0.2) is 4.39 Å². The SMILES string of the molecule is NCC1(F)CCCc2cc3c(cc21)OCCO3. The molecule has 3 rings (SSSR count). The van der Waals surface area contributed by atoms with Gasteiger partial charge in [-0.05, 0) is 42.5 Å². The van der Waals surface area contributed by atoms with Crippen LogP contribution in [0.2, 0.25) is 0 Å². The first-order chi connectivity index (χ1) is 8.23. The number of hydrogen-bond donors (Lipinski definition) is 1. The number of halogens is 1. The van der Waals surface area contributed by atoms with E-state index in [9.17, 15) is 4.39 Å². The van der Waals surface area contributed by atoms with E-state index in [1.165, 1.54) is 0 Å². The topological polar surface area (TPSA) is 44.5 Å². The fourth-order valence-electron chi connectivity index (χ4n) is 2.66. The van der Waals surface area contributed by atoms with Crippen molar-refractivity contribution in [1.82, 2.24) is 0 Å². The minimum absolute atomic E-state index is 0.0274. The van der Waals surface area contributed by atoms with Crippen molar-refractivity contribution in [3.8, 4) is 11.5 Å². The summed E-state index contributed by atoms with van der Waals surface area (Å²) in [6, 6.07) is 3.68. The summed E-state index contributed by atoms with van der Waals surface area (Å²) in [6.45, 7) is 1.11. The highest BCUT2D eigenvalue weighted by atomic mass is 19.1. The van der Waals surface area contributed by atoms with Crippen LogP contribution in [0.4, 0.5) is 4.39 Å². The molecule has 1 atom stereocenters. The number of nitrogens with two attached hydrogens (primary N) is 1. The van der Waals surface area contributed by atoms with Gasteiger partial charge in [-0.3, -0.25) is 0 Å². The largest absolute Gasteiger partial charge is 0.486 e. The second-order valence-corrected chi connectivity index (χ2v) is 4.68. The maximum Gasteiger partial charge on any atom is 0.161 e. The molecule has 3 nitrogen and oxygen atoms in total. The predicted octanol–water partition coefficient (Wildman–Crippen LogP) is 1.92. The van der Waals surface area contributed by atoms with Gasteiger partial charge in [-0.2, -0.15) is 0 Å². The fraction of sp³-hybridized carbons (Fsp3) is 0.538. The summed E-state index contributed by atoms with van der Waals surface area (Å²) in [6.07, 6.45) is 2.22. The number of ether oxygens (including phenoxy) is 2. The summed E-state index contributed by atoms with van der Waals surface area (Å²) in [5.41, 5.74) is 5.88. The van der Waals surface area contributed by atoms with E-state index in [0.29, 0.717) is 30.9 Å². The van der Waals surface area contributed by atoms with Crippen LogP contribution in [0.5, 0.6) is 11.5 Å². The summed E-state index contributed by atoms with van der Waals surface area (Å²) in [5, 5.41) is 0. The van der Waals surface area contributed by atoms with Gasteiger partial charge in [0.2, 0.25) is 0 Å². The maximum absolute atomic E-state index is 14.6. The lowest BCUT2D eigenvalue weighted by atomic mass is 9.80. The molecule has 0 saturated carbocycles. The standard InChI is InChI=1S/C13H16FNO2/c14-13(8-15)3-1-2-9-6-11-12(7-10(9)13)17-5-4-16-11/h6-7H,1-5,8,15H2. The minimum atomic E-state index is -1.40.